The van der Waals surface area contributed by atoms with E-state index in [1.807, 2.05) is 0 Å². The third kappa shape index (κ3) is 7.82. The fourth-order valence-electron chi connectivity index (χ4n) is 6.93. The van der Waals surface area contributed by atoms with Gasteiger partial charge in [0.25, 0.3) is 0 Å². The van der Waals surface area contributed by atoms with Crippen LogP contribution < -0.4 is 0 Å². The van der Waals surface area contributed by atoms with Crippen molar-refractivity contribution in [2.24, 2.45) is 28.6 Å². The summed E-state index contributed by atoms with van der Waals surface area (Å²) < 4.78 is 5.54. The van der Waals surface area contributed by atoms with Crippen molar-refractivity contribution in [2.45, 2.75) is 106 Å². The Balaban J connectivity index is 1.76. The van der Waals surface area contributed by atoms with E-state index in [9.17, 15) is 9.90 Å². The van der Waals surface area contributed by atoms with Gasteiger partial charge in [-0.1, -0.05) is 54.0 Å². The zero-order valence-corrected chi connectivity index (χ0v) is 22.6. The van der Waals surface area contributed by atoms with Gasteiger partial charge >= 0.3 is 5.97 Å². The molecule has 0 spiro atoms. The lowest BCUT2D eigenvalue weighted by Crippen LogP contribution is -2.49. The van der Waals surface area contributed by atoms with E-state index in [0.717, 1.165) is 51.7 Å². The second-order valence-electron chi connectivity index (χ2n) is 11.8. The highest BCUT2D eigenvalue weighted by molar-refractivity contribution is 5.69. The molecule has 1 N–H and O–H groups in total. The summed E-state index contributed by atoms with van der Waals surface area (Å²) in [6.07, 6.45) is 13.1. The molecule has 4 atom stereocenters. The van der Waals surface area contributed by atoms with E-state index in [0.29, 0.717) is 36.2 Å². The number of esters is 1. The van der Waals surface area contributed by atoms with Crippen LogP contribution in [0, 0.1) is 28.6 Å². The summed E-state index contributed by atoms with van der Waals surface area (Å²) in [5.74, 6) is 1.39. The number of ether oxygens (including phenoxy) is 1. The molecular formula is C29H53NO3. The Hall–Kier alpha value is -0.870. The minimum Gasteiger partial charge on any atom is -0.466 e. The molecule has 0 aliphatic heterocycles. The number of carbonyl (C=O) groups excluding carboxylic acids is 1. The quantitative estimate of drug-likeness (QED) is 0.179. The Morgan fingerprint density at radius 1 is 1.18 bits per heavy atom. The number of nitrogens with zero attached hydrogens (tertiary/aromatic N) is 1. The Morgan fingerprint density at radius 3 is 2.58 bits per heavy atom. The van der Waals surface area contributed by atoms with Gasteiger partial charge in [-0.15, -0.1) is 0 Å². The molecule has 33 heavy (non-hydrogen) atoms. The van der Waals surface area contributed by atoms with Crippen LogP contribution in [0.1, 0.15) is 106 Å². The molecule has 1 saturated carbocycles. The standard InChI is InChI=1S/C29H53NO3/c1-7-30(8-2)19-10-9-11-20-33-27(32)21-23(3)13-15-25-24(22-31)14-16-26-28(4,5)17-12-18-29(25,26)6/h14,23,25-26,31H,7-13,15-22H2,1-6H3/t23-,25-,26-,29+/m0/s1. The second-order valence-corrected chi connectivity index (χ2v) is 11.8. The molecule has 0 heterocycles. The highest BCUT2D eigenvalue weighted by Crippen LogP contribution is 2.60. The zero-order valence-electron chi connectivity index (χ0n) is 22.6. The van der Waals surface area contributed by atoms with Crippen molar-refractivity contribution in [1.29, 1.82) is 0 Å². The molecule has 1 fully saturated rings. The minimum atomic E-state index is -0.0456. The summed E-state index contributed by atoms with van der Waals surface area (Å²) in [5, 5.41) is 10.1. The molecule has 0 saturated heterocycles. The number of hydrogen-bond acceptors (Lipinski definition) is 4. The number of hydrogen-bond donors (Lipinski definition) is 1. The highest BCUT2D eigenvalue weighted by atomic mass is 16.5. The topological polar surface area (TPSA) is 49.8 Å². The Labute approximate surface area is 204 Å². The van der Waals surface area contributed by atoms with Crippen LogP contribution in [-0.4, -0.2) is 48.8 Å². The molecule has 192 valence electrons. The van der Waals surface area contributed by atoms with Crippen molar-refractivity contribution >= 4 is 5.97 Å². The molecule has 4 heteroatoms. The van der Waals surface area contributed by atoms with Gasteiger partial charge in [0.1, 0.15) is 0 Å². The molecule has 2 aliphatic rings. The van der Waals surface area contributed by atoms with E-state index in [1.54, 1.807) is 0 Å². The predicted octanol–water partition coefficient (Wildman–Crippen LogP) is 6.62. The lowest BCUT2D eigenvalue weighted by atomic mass is 9.48. The van der Waals surface area contributed by atoms with Gasteiger partial charge in [-0.3, -0.25) is 4.79 Å². The molecule has 2 rings (SSSR count). The van der Waals surface area contributed by atoms with Gasteiger partial charge in [-0.2, -0.15) is 0 Å². The van der Waals surface area contributed by atoms with Gasteiger partial charge < -0.3 is 14.7 Å². The largest absolute Gasteiger partial charge is 0.466 e. The van der Waals surface area contributed by atoms with Gasteiger partial charge in [-0.05, 0) is 105 Å². The molecule has 4 nitrogen and oxygen atoms in total. The number of unbranched alkanes of at least 4 members (excludes halogenated alkanes) is 2. The lowest BCUT2D eigenvalue weighted by molar-refractivity contribution is -0.144. The molecule has 0 aromatic heterocycles. The Morgan fingerprint density at radius 2 is 1.91 bits per heavy atom. The lowest BCUT2D eigenvalue weighted by Gasteiger charge is -2.57. The smallest absolute Gasteiger partial charge is 0.306 e. The van der Waals surface area contributed by atoms with E-state index in [4.69, 9.17) is 4.74 Å². The molecule has 0 aromatic rings. The summed E-state index contributed by atoms with van der Waals surface area (Å²) in [4.78, 5) is 14.8. The summed E-state index contributed by atoms with van der Waals surface area (Å²) in [5.41, 5.74) is 1.87. The molecule has 2 aliphatic carbocycles. The van der Waals surface area contributed by atoms with E-state index in [1.165, 1.54) is 31.3 Å². The number of carbonyl (C=O) groups is 1. The zero-order chi connectivity index (χ0) is 24.5. The number of aliphatic hydroxyl groups excluding tert-OH is 1. The van der Waals surface area contributed by atoms with E-state index < -0.39 is 0 Å². The van der Waals surface area contributed by atoms with Crippen LogP contribution in [0.3, 0.4) is 0 Å². The molecule has 0 unspecified atom stereocenters. The average Bonchev–Trinajstić information content (AvgIpc) is 2.76. The van der Waals surface area contributed by atoms with Crippen LogP contribution in [0.15, 0.2) is 11.6 Å². The van der Waals surface area contributed by atoms with Crippen LogP contribution in [0.5, 0.6) is 0 Å². The van der Waals surface area contributed by atoms with Crippen molar-refractivity contribution in [1.82, 2.24) is 4.90 Å². The van der Waals surface area contributed by atoms with Crippen LogP contribution in [0.2, 0.25) is 0 Å². The molecule has 0 radical (unpaired) electrons. The Bertz CT molecular complexity index is 624. The van der Waals surface area contributed by atoms with Gasteiger partial charge in [0.2, 0.25) is 0 Å². The minimum absolute atomic E-state index is 0.0456. The summed E-state index contributed by atoms with van der Waals surface area (Å²) in [7, 11) is 0. The summed E-state index contributed by atoms with van der Waals surface area (Å²) in [6.45, 7) is 18.0. The molecule has 0 amide bonds. The first-order chi connectivity index (χ1) is 15.7. The van der Waals surface area contributed by atoms with E-state index >= 15 is 0 Å². The van der Waals surface area contributed by atoms with E-state index in [-0.39, 0.29) is 18.0 Å². The fourth-order valence-corrected chi connectivity index (χ4v) is 6.93. The number of allylic oxidation sites excluding steroid dienone is 1. The van der Waals surface area contributed by atoms with Crippen molar-refractivity contribution in [3.8, 4) is 0 Å². The van der Waals surface area contributed by atoms with Crippen molar-refractivity contribution in [3.05, 3.63) is 11.6 Å². The molecule has 0 aromatic carbocycles. The monoisotopic (exact) mass is 463 g/mol. The van der Waals surface area contributed by atoms with Crippen LogP contribution >= 0.6 is 0 Å². The maximum Gasteiger partial charge on any atom is 0.306 e. The van der Waals surface area contributed by atoms with Gasteiger partial charge in [-0.25, -0.2) is 0 Å². The maximum absolute atomic E-state index is 12.4. The third-order valence-corrected chi connectivity index (χ3v) is 9.06. The van der Waals surface area contributed by atoms with Gasteiger partial charge in [0.05, 0.1) is 13.2 Å². The van der Waals surface area contributed by atoms with Crippen LogP contribution in [0.4, 0.5) is 0 Å². The molecule has 0 bridgehead atoms. The van der Waals surface area contributed by atoms with Crippen LogP contribution in [-0.2, 0) is 9.53 Å². The SMILES string of the molecule is CCN(CC)CCCCCOC(=O)C[C@@H](C)CC[C@H]1C(CO)=CC[C@H]2C(C)(C)CCC[C@]12C. The highest BCUT2D eigenvalue weighted by Gasteiger charge is 2.52. The maximum atomic E-state index is 12.4. The van der Waals surface area contributed by atoms with Crippen molar-refractivity contribution in [2.75, 3.05) is 32.8 Å². The fraction of sp³-hybridized carbons (Fsp3) is 0.897. The van der Waals surface area contributed by atoms with Gasteiger partial charge in [0.15, 0.2) is 0 Å². The second kappa shape index (κ2) is 13.3. The summed E-state index contributed by atoms with van der Waals surface area (Å²) in [6, 6.07) is 0. The normalized spacial score (nSPS) is 27.7. The van der Waals surface area contributed by atoms with Crippen molar-refractivity contribution in [3.63, 3.8) is 0 Å². The van der Waals surface area contributed by atoms with Gasteiger partial charge in [0, 0.05) is 6.42 Å². The first-order valence-corrected chi connectivity index (χ1v) is 13.9. The van der Waals surface area contributed by atoms with Crippen molar-refractivity contribution < 1.29 is 14.6 Å². The first-order valence-electron chi connectivity index (χ1n) is 13.9. The van der Waals surface area contributed by atoms with E-state index in [2.05, 4.69) is 52.5 Å². The number of rotatable bonds is 14. The average molecular weight is 464 g/mol. The summed E-state index contributed by atoms with van der Waals surface area (Å²) >= 11 is 0. The predicted molar refractivity (Wildman–Crippen MR) is 138 cm³/mol. The molecular weight excluding hydrogens is 410 g/mol. The number of fused-ring (bicyclic) bond motifs is 1. The number of aliphatic hydroxyl groups is 1. The third-order valence-electron chi connectivity index (χ3n) is 9.06. The van der Waals surface area contributed by atoms with Crippen LogP contribution in [0.25, 0.3) is 0 Å². The first kappa shape index (κ1) is 28.4. The Kier molecular flexibility index (Phi) is 11.4.